The van der Waals surface area contributed by atoms with Crippen LogP contribution in [0.4, 0.5) is 5.69 Å². The molecule has 0 fully saturated rings. The van der Waals surface area contributed by atoms with Gasteiger partial charge in [-0.1, -0.05) is 12.1 Å². The lowest BCUT2D eigenvalue weighted by Crippen LogP contribution is -2.27. The molecule has 1 heterocycles. The summed E-state index contributed by atoms with van der Waals surface area (Å²) in [6.45, 7) is 6.20. The lowest BCUT2D eigenvalue weighted by Gasteiger charge is -2.10. The van der Waals surface area contributed by atoms with Crippen LogP contribution in [-0.2, 0) is 6.54 Å². The number of nitrogens with zero attached hydrogens (tertiary/aromatic N) is 3. The number of anilines is 1. The third-order valence-electron chi connectivity index (χ3n) is 3.15. The van der Waals surface area contributed by atoms with Crippen LogP contribution in [0.2, 0.25) is 0 Å². The first kappa shape index (κ1) is 15.0. The van der Waals surface area contributed by atoms with Gasteiger partial charge in [-0.25, -0.2) is 0 Å². The molecule has 0 spiro atoms. The van der Waals surface area contributed by atoms with Crippen LogP contribution in [0.3, 0.4) is 0 Å². The van der Waals surface area contributed by atoms with E-state index in [1.165, 1.54) is 0 Å². The summed E-state index contributed by atoms with van der Waals surface area (Å²) in [5, 5.41) is 13.8. The van der Waals surface area contributed by atoms with Crippen molar-refractivity contribution in [3.8, 4) is 0 Å². The van der Waals surface area contributed by atoms with Gasteiger partial charge in [0, 0.05) is 30.5 Å². The number of hydrogen-bond donors (Lipinski definition) is 2. The summed E-state index contributed by atoms with van der Waals surface area (Å²) in [6.07, 6.45) is 4.46. The predicted molar refractivity (Wildman–Crippen MR) is 82.3 cm³/mol. The van der Waals surface area contributed by atoms with Gasteiger partial charge in [-0.15, -0.1) is 5.10 Å². The van der Waals surface area contributed by atoms with Crippen LogP contribution in [0.5, 0.6) is 0 Å². The Kier molecular flexibility index (Phi) is 5.31. The highest BCUT2D eigenvalue weighted by Gasteiger charge is 2.07. The molecule has 6 heteroatoms. The molecule has 0 radical (unpaired) electrons. The molecule has 2 aromatic rings. The van der Waals surface area contributed by atoms with Gasteiger partial charge in [-0.2, -0.15) is 0 Å². The lowest BCUT2D eigenvalue weighted by molar-refractivity contribution is 0.0952. The van der Waals surface area contributed by atoms with Crippen LogP contribution in [0.1, 0.15) is 29.3 Å². The molecule has 1 aromatic heterocycles. The number of rotatable bonds is 7. The number of carbonyl (C=O) groups is 1. The molecule has 21 heavy (non-hydrogen) atoms. The Hall–Kier alpha value is -2.37. The van der Waals surface area contributed by atoms with Crippen molar-refractivity contribution in [1.82, 2.24) is 20.3 Å². The molecule has 0 aliphatic heterocycles. The van der Waals surface area contributed by atoms with E-state index in [1.807, 2.05) is 25.1 Å². The molecule has 2 rings (SSSR count). The monoisotopic (exact) mass is 287 g/mol. The first-order valence-electron chi connectivity index (χ1n) is 7.17. The molecule has 1 amide bonds. The molecule has 6 nitrogen and oxygen atoms in total. The smallest absolute Gasteiger partial charge is 0.251 e. The van der Waals surface area contributed by atoms with Crippen molar-refractivity contribution in [1.29, 1.82) is 0 Å². The highest BCUT2D eigenvalue weighted by atomic mass is 16.1. The zero-order chi connectivity index (χ0) is 15.1. The summed E-state index contributed by atoms with van der Waals surface area (Å²) >= 11 is 0. The number of hydrogen-bond acceptors (Lipinski definition) is 4. The van der Waals surface area contributed by atoms with Gasteiger partial charge in [0.25, 0.3) is 5.91 Å². The quantitative estimate of drug-likeness (QED) is 0.815. The average molecular weight is 287 g/mol. The molecule has 0 bridgehead atoms. The molecule has 0 saturated heterocycles. The summed E-state index contributed by atoms with van der Waals surface area (Å²) < 4.78 is 1.68. The third-order valence-corrected chi connectivity index (χ3v) is 3.15. The van der Waals surface area contributed by atoms with Gasteiger partial charge in [0.2, 0.25) is 0 Å². The van der Waals surface area contributed by atoms with Crippen molar-refractivity contribution < 1.29 is 4.79 Å². The average Bonchev–Trinajstić information content (AvgIpc) is 2.99. The fraction of sp³-hybridized carbons (Fsp3) is 0.400. The molecular weight excluding hydrogens is 266 g/mol. The van der Waals surface area contributed by atoms with E-state index in [2.05, 4.69) is 27.9 Å². The van der Waals surface area contributed by atoms with Crippen molar-refractivity contribution in [2.45, 2.75) is 26.8 Å². The Bertz CT molecular complexity index is 580. The summed E-state index contributed by atoms with van der Waals surface area (Å²) in [4.78, 5) is 12.1. The second-order valence-corrected chi connectivity index (χ2v) is 4.88. The minimum atomic E-state index is -0.0692. The van der Waals surface area contributed by atoms with Gasteiger partial charge >= 0.3 is 0 Å². The Morgan fingerprint density at radius 2 is 2.19 bits per heavy atom. The fourth-order valence-electron chi connectivity index (χ4n) is 2.00. The van der Waals surface area contributed by atoms with E-state index in [0.29, 0.717) is 18.7 Å². The lowest BCUT2D eigenvalue weighted by atomic mass is 10.1. The molecule has 2 N–H and O–H groups in total. The molecule has 0 unspecified atom stereocenters. The molecule has 0 aliphatic rings. The Labute approximate surface area is 124 Å². The van der Waals surface area contributed by atoms with Crippen molar-refractivity contribution in [2.75, 3.05) is 18.4 Å². The van der Waals surface area contributed by atoms with Gasteiger partial charge in [-0.05, 0) is 37.1 Å². The largest absolute Gasteiger partial charge is 0.385 e. The number of nitrogens with one attached hydrogen (secondary N) is 2. The van der Waals surface area contributed by atoms with E-state index in [1.54, 1.807) is 17.1 Å². The van der Waals surface area contributed by atoms with Crippen LogP contribution in [0.15, 0.2) is 30.6 Å². The number of benzene rings is 1. The maximum absolute atomic E-state index is 12.1. The fourth-order valence-corrected chi connectivity index (χ4v) is 2.00. The SMILES string of the molecule is CCCNc1ccc(C(=O)NCCn2ccnn2)cc1C. The normalized spacial score (nSPS) is 10.4. The predicted octanol–water partition coefficient (Wildman–Crippen LogP) is 1.84. The maximum atomic E-state index is 12.1. The van der Waals surface area contributed by atoms with Crippen molar-refractivity contribution in [3.63, 3.8) is 0 Å². The van der Waals surface area contributed by atoms with Crippen LogP contribution in [0, 0.1) is 6.92 Å². The standard InChI is InChI=1S/C15H21N5O/c1-3-6-16-14-5-4-13(11-12(14)2)15(21)17-7-9-20-10-8-18-19-20/h4-5,8,10-11,16H,3,6-7,9H2,1-2H3,(H,17,21). The van der Waals surface area contributed by atoms with E-state index < -0.39 is 0 Å². The summed E-state index contributed by atoms with van der Waals surface area (Å²) in [5.74, 6) is -0.0692. The Morgan fingerprint density at radius 1 is 1.33 bits per heavy atom. The molecule has 1 aromatic carbocycles. The van der Waals surface area contributed by atoms with Crippen molar-refractivity contribution >= 4 is 11.6 Å². The maximum Gasteiger partial charge on any atom is 0.251 e. The van der Waals surface area contributed by atoms with E-state index >= 15 is 0 Å². The molecule has 112 valence electrons. The number of carbonyl (C=O) groups excluding carboxylic acids is 1. The number of aromatic nitrogens is 3. The van der Waals surface area contributed by atoms with Gasteiger partial charge in [-0.3, -0.25) is 9.48 Å². The first-order valence-corrected chi connectivity index (χ1v) is 7.17. The number of aryl methyl sites for hydroxylation is 1. The highest BCUT2D eigenvalue weighted by Crippen LogP contribution is 2.16. The van der Waals surface area contributed by atoms with Crippen LogP contribution in [-0.4, -0.2) is 34.0 Å². The first-order chi connectivity index (χ1) is 10.2. The second-order valence-electron chi connectivity index (χ2n) is 4.88. The third kappa shape index (κ3) is 4.30. The number of amides is 1. The van der Waals surface area contributed by atoms with Crippen LogP contribution >= 0.6 is 0 Å². The summed E-state index contributed by atoms with van der Waals surface area (Å²) in [7, 11) is 0. The van der Waals surface area contributed by atoms with E-state index in [0.717, 1.165) is 24.2 Å². The molecular formula is C15H21N5O. The van der Waals surface area contributed by atoms with Gasteiger partial charge in [0.15, 0.2) is 0 Å². The van der Waals surface area contributed by atoms with Gasteiger partial charge in [0.05, 0.1) is 12.7 Å². The Morgan fingerprint density at radius 3 is 2.86 bits per heavy atom. The summed E-state index contributed by atoms with van der Waals surface area (Å²) in [6, 6.07) is 5.70. The van der Waals surface area contributed by atoms with E-state index in [9.17, 15) is 4.79 Å². The van der Waals surface area contributed by atoms with Crippen molar-refractivity contribution in [3.05, 3.63) is 41.7 Å². The summed E-state index contributed by atoms with van der Waals surface area (Å²) in [5.41, 5.74) is 2.83. The van der Waals surface area contributed by atoms with E-state index in [4.69, 9.17) is 0 Å². The molecule has 0 atom stereocenters. The zero-order valence-corrected chi connectivity index (χ0v) is 12.5. The van der Waals surface area contributed by atoms with E-state index in [-0.39, 0.29) is 5.91 Å². The minimum absolute atomic E-state index is 0.0692. The van der Waals surface area contributed by atoms with Crippen LogP contribution in [0.25, 0.3) is 0 Å². The molecule has 0 aliphatic carbocycles. The molecule has 0 saturated carbocycles. The van der Waals surface area contributed by atoms with Gasteiger partial charge in [0.1, 0.15) is 0 Å². The second kappa shape index (κ2) is 7.42. The highest BCUT2D eigenvalue weighted by molar-refractivity contribution is 5.94. The Balaban J connectivity index is 1.88. The topological polar surface area (TPSA) is 71.8 Å². The minimum Gasteiger partial charge on any atom is -0.385 e. The zero-order valence-electron chi connectivity index (χ0n) is 12.5. The van der Waals surface area contributed by atoms with Gasteiger partial charge < -0.3 is 10.6 Å². The van der Waals surface area contributed by atoms with Crippen molar-refractivity contribution in [2.24, 2.45) is 0 Å². The van der Waals surface area contributed by atoms with Crippen LogP contribution < -0.4 is 10.6 Å².